The van der Waals surface area contributed by atoms with Crippen LogP contribution in [0.5, 0.6) is 0 Å². The predicted octanol–water partition coefficient (Wildman–Crippen LogP) is 3.63. The molecule has 1 aromatic rings. The van der Waals surface area contributed by atoms with Gasteiger partial charge in [-0.1, -0.05) is 0 Å². The lowest BCUT2D eigenvalue weighted by Gasteiger charge is -2.36. The molecule has 2 rings (SSSR count). The third-order valence-electron chi connectivity index (χ3n) is 4.57. The first-order chi connectivity index (χ1) is 14.8. The van der Waals surface area contributed by atoms with Crippen LogP contribution in [0.1, 0.15) is 64.7 Å². The molecule has 1 aromatic heterocycles. The molecular weight excluding hydrogens is 412 g/mol. The Morgan fingerprint density at radius 1 is 0.969 bits per heavy atom. The van der Waals surface area contributed by atoms with Crippen LogP contribution in [0.15, 0.2) is 18.3 Å². The summed E-state index contributed by atoms with van der Waals surface area (Å²) in [5, 5.41) is 2.65. The highest BCUT2D eigenvalue weighted by Gasteiger charge is 2.26. The molecule has 1 aliphatic heterocycles. The minimum atomic E-state index is -0.546. The number of piperazine rings is 1. The molecule has 0 bridgehead atoms. The number of Topliss-reactive ketones (excluding diaryl/α,β-unsaturated/α-hetero) is 1. The van der Waals surface area contributed by atoms with Crippen molar-refractivity contribution in [3.8, 4) is 0 Å². The Morgan fingerprint density at radius 2 is 1.59 bits per heavy atom. The van der Waals surface area contributed by atoms with E-state index in [0.29, 0.717) is 51.1 Å². The van der Waals surface area contributed by atoms with Gasteiger partial charge >= 0.3 is 12.2 Å². The second kappa shape index (κ2) is 10.7. The Balaban J connectivity index is 1.75. The Labute approximate surface area is 190 Å². The van der Waals surface area contributed by atoms with Gasteiger partial charge in [-0.05, 0) is 60.1 Å². The number of carbonyl (C=O) groups is 3. The molecule has 1 saturated heterocycles. The van der Waals surface area contributed by atoms with Gasteiger partial charge in [0, 0.05) is 50.9 Å². The first-order valence-electron chi connectivity index (χ1n) is 11.0. The summed E-state index contributed by atoms with van der Waals surface area (Å²) in [6.07, 6.45) is 1.63. The van der Waals surface area contributed by atoms with E-state index in [4.69, 9.17) is 9.47 Å². The van der Waals surface area contributed by atoms with Gasteiger partial charge in [0.2, 0.25) is 0 Å². The fourth-order valence-corrected chi connectivity index (χ4v) is 3.08. The number of carbonyl (C=O) groups excluding carboxylic acids is 3. The first-order valence-corrected chi connectivity index (χ1v) is 11.0. The van der Waals surface area contributed by atoms with Crippen LogP contribution in [0.4, 0.5) is 15.4 Å². The molecule has 0 spiro atoms. The molecule has 0 unspecified atom stereocenters. The number of amides is 2. The summed E-state index contributed by atoms with van der Waals surface area (Å²) in [7, 11) is 0. The Hall–Kier alpha value is -2.84. The Kier molecular flexibility index (Phi) is 8.46. The number of anilines is 1. The monoisotopic (exact) mass is 448 g/mol. The molecular formula is C23H36N4O5. The number of nitrogens with zero attached hydrogens (tertiary/aromatic N) is 3. The molecule has 178 valence electrons. The van der Waals surface area contributed by atoms with Crippen molar-refractivity contribution in [1.82, 2.24) is 15.2 Å². The molecule has 0 atom stereocenters. The Bertz CT molecular complexity index is 788. The SMILES string of the molecule is CC(C)(C)OC(=O)NCCCC(=O)c1ccc(N2CCN(C(=O)OC(C)(C)C)CC2)nc1. The molecule has 1 N–H and O–H groups in total. The number of pyridine rings is 1. The zero-order chi connectivity index (χ0) is 23.9. The van der Waals surface area contributed by atoms with Crippen molar-refractivity contribution in [2.45, 2.75) is 65.6 Å². The van der Waals surface area contributed by atoms with Crippen LogP contribution in [-0.4, -0.2) is 71.8 Å². The number of ketones is 1. The molecule has 1 aliphatic rings. The lowest BCUT2D eigenvalue weighted by Crippen LogP contribution is -2.50. The minimum absolute atomic E-state index is 0.0233. The highest BCUT2D eigenvalue weighted by molar-refractivity contribution is 5.95. The van der Waals surface area contributed by atoms with E-state index in [9.17, 15) is 14.4 Å². The molecule has 1 fully saturated rings. The van der Waals surface area contributed by atoms with Gasteiger partial charge in [-0.15, -0.1) is 0 Å². The van der Waals surface area contributed by atoms with Gasteiger partial charge in [-0.3, -0.25) is 4.79 Å². The van der Waals surface area contributed by atoms with Gasteiger partial charge in [0.15, 0.2) is 5.78 Å². The fraction of sp³-hybridized carbons (Fsp3) is 0.652. The summed E-state index contributed by atoms with van der Waals surface area (Å²) in [6.45, 7) is 13.7. The molecule has 32 heavy (non-hydrogen) atoms. The predicted molar refractivity (Wildman–Crippen MR) is 122 cm³/mol. The molecule has 0 aliphatic carbocycles. The third-order valence-corrected chi connectivity index (χ3v) is 4.57. The largest absolute Gasteiger partial charge is 0.444 e. The highest BCUT2D eigenvalue weighted by atomic mass is 16.6. The molecule has 9 heteroatoms. The summed E-state index contributed by atoms with van der Waals surface area (Å²) in [6, 6.07) is 3.60. The molecule has 0 saturated carbocycles. The van der Waals surface area contributed by atoms with Crippen LogP contribution in [0, 0.1) is 0 Å². The van der Waals surface area contributed by atoms with E-state index in [1.54, 1.807) is 37.9 Å². The molecule has 0 aromatic carbocycles. The molecule has 2 amide bonds. The maximum atomic E-state index is 12.4. The van der Waals surface area contributed by atoms with E-state index < -0.39 is 17.3 Å². The van der Waals surface area contributed by atoms with E-state index in [1.807, 2.05) is 26.8 Å². The van der Waals surface area contributed by atoms with E-state index in [1.165, 1.54) is 0 Å². The minimum Gasteiger partial charge on any atom is -0.444 e. The van der Waals surface area contributed by atoms with E-state index in [2.05, 4.69) is 15.2 Å². The quantitative estimate of drug-likeness (QED) is 0.524. The smallest absolute Gasteiger partial charge is 0.410 e. The van der Waals surface area contributed by atoms with Crippen LogP contribution in [0.2, 0.25) is 0 Å². The first kappa shape index (κ1) is 25.4. The Morgan fingerprint density at radius 3 is 2.12 bits per heavy atom. The van der Waals surface area contributed by atoms with Gasteiger partial charge in [0.1, 0.15) is 17.0 Å². The summed E-state index contributed by atoms with van der Waals surface area (Å²) >= 11 is 0. The third kappa shape index (κ3) is 8.72. The summed E-state index contributed by atoms with van der Waals surface area (Å²) in [4.78, 5) is 44.4. The van der Waals surface area contributed by atoms with E-state index in [0.717, 1.165) is 5.82 Å². The topological polar surface area (TPSA) is 101 Å². The second-order valence-electron chi connectivity index (χ2n) is 9.81. The van der Waals surface area contributed by atoms with Crippen LogP contribution in [0.25, 0.3) is 0 Å². The van der Waals surface area contributed by atoms with Crippen molar-refractivity contribution in [3.63, 3.8) is 0 Å². The number of rotatable bonds is 6. The van der Waals surface area contributed by atoms with Crippen LogP contribution in [-0.2, 0) is 9.47 Å². The van der Waals surface area contributed by atoms with E-state index >= 15 is 0 Å². The van der Waals surface area contributed by atoms with Crippen molar-refractivity contribution in [3.05, 3.63) is 23.9 Å². The standard InChI is InChI=1S/C23H36N4O5/c1-22(2,3)31-20(29)24-11-7-8-18(28)17-9-10-19(25-16-17)26-12-14-27(15-13-26)21(30)32-23(4,5)6/h9-10,16H,7-8,11-15H2,1-6H3,(H,24,29). The lowest BCUT2D eigenvalue weighted by molar-refractivity contribution is 0.0240. The maximum absolute atomic E-state index is 12.4. The molecule has 2 heterocycles. The van der Waals surface area contributed by atoms with Gasteiger partial charge in [-0.2, -0.15) is 0 Å². The number of ether oxygens (including phenoxy) is 2. The van der Waals surface area contributed by atoms with Crippen LogP contribution >= 0.6 is 0 Å². The van der Waals surface area contributed by atoms with Crippen molar-refractivity contribution in [2.75, 3.05) is 37.6 Å². The van der Waals surface area contributed by atoms with Gasteiger partial charge in [0.05, 0.1) is 0 Å². The zero-order valence-corrected chi connectivity index (χ0v) is 20.1. The summed E-state index contributed by atoms with van der Waals surface area (Å²) < 4.78 is 10.6. The van der Waals surface area contributed by atoms with E-state index in [-0.39, 0.29) is 11.9 Å². The average molecular weight is 449 g/mol. The van der Waals surface area contributed by atoms with Gasteiger partial charge in [0.25, 0.3) is 0 Å². The normalized spacial score (nSPS) is 14.7. The van der Waals surface area contributed by atoms with Crippen molar-refractivity contribution in [2.24, 2.45) is 0 Å². The van der Waals surface area contributed by atoms with Crippen LogP contribution in [0.3, 0.4) is 0 Å². The highest BCUT2D eigenvalue weighted by Crippen LogP contribution is 2.17. The van der Waals surface area contributed by atoms with Crippen molar-refractivity contribution < 1.29 is 23.9 Å². The molecule has 9 nitrogen and oxygen atoms in total. The van der Waals surface area contributed by atoms with Gasteiger partial charge < -0.3 is 24.6 Å². The summed E-state index contributed by atoms with van der Waals surface area (Å²) in [5.41, 5.74) is -0.516. The lowest BCUT2D eigenvalue weighted by atomic mass is 10.1. The van der Waals surface area contributed by atoms with Crippen molar-refractivity contribution >= 4 is 23.8 Å². The number of hydrogen-bond donors (Lipinski definition) is 1. The van der Waals surface area contributed by atoms with Gasteiger partial charge in [-0.25, -0.2) is 14.6 Å². The second-order valence-corrected chi connectivity index (χ2v) is 9.81. The number of nitrogens with one attached hydrogen (secondary N) is 1. The maximum Gasteiger partial charge on any atom is 0.410 e. The van der Waals surface area contributed by atoms with Crippen LogP contribution < -0.4 is 10.2 Å². The van der Waals surface area contributed by atoms with Crippen molar-refractivity contribution in [1.29, 1.82) is 0 Å². The number of aromatic nitrogens is 1. The summed E-state index contributed by atoms with van der Waals surface area (Å²) in [5.74, 6) is 0.752. The molecule has 0 radical (unpaired) electrons. The zero-order valence-electron chi connectivity index (χ0n) is 20.1. The average Bonchev–Trinajstić information content (AvgIpc) is 2.69. The number of alkyl carbamates (subject to hydrolysis) is 1. The fourth-order valence-electron chi connectivity index (χ4n) is 3.08. The number of hydrogen-bond acceptors (Lipinski definition) is 7.